The molecule has 0 aromatic heterocycles. The van der Waals surface area contributed by atoms with Gasteiger partial charge >= 0.3 is 0 Å². The fourth-order valence-corrected chi connectivity index (χ4v) is 2.52. The van der Waals surface area contributed by atoms with Crippen LogP contribution in [-0.4, -0.2) is 57.2 Å². The highest BCUT2D eigenvalue weighted by atomic mass is 32.2. The zero-order chi connectivity index (χ0) is 13.6. The van der Waals surface area contributed by atoms with Crippen molar-refractivity contribution in [2.24, 2.45) is 0 Å². The molecule has 0 saturated carbocycles. The average Bonchev–Trinajstić information content (AvgIpc) is 2.77. The molecule has 1 heterocycles. The molecule has 0 radical (unpaired) electrons. The minimum absolute atomic E-state index is 0.105. The Hall–Kier alpha value is -0.920. The normalized spacial score (nSPS) is 20.0. The monoisotopic (exact) mass is 276 g/mol. The predicted octanol–water partition coefficient (Wildman–Crippen LogP) is -0.271. The van der Waals surface area contributed by atoms with E-state index in [2.05, 4.69) is 11.9 Å². The molecule has 0 aliphatic carbocycles. The molecule has 1 N–H and O–H groups in total. The number of hydrogen-bond acceptors (Lipinski definition) is 4. The molecule has 104 valence electrons. The van der Waals surface area contributed by atoms with Crippen LogP contribution in [0.3, 0.4) is 0 Å². The largest absolute Gasteiger partial charge is 0.377 e. The first kappa shape index (κ1) is 15.1. The SMILES string of the molecule is C=CCNC(=O)CN(CC1CCCO1)S(C)(=O)=O. The Morgan fingerprint density at radius 2 is 2.33 bits per heavy atom. The lowest BCUT2D eigenvalue weighted by atomic mass is 10.2. The maximum absolute atomic E-state index is 11.6. The van der Waals surface area contributed by atoms with Gasteiger partial charge in [0, 0.05) is 19.7 Å². The number of hydrogen-bond donors (Lipinski definition) is 1. The van der Waals surface area contributed by atoms with Crippen molar-refractivity contribution in [1.82, 2.24) is 9.62 Å². The minimum atomic E-state index is -3.41. The summed E-state index contributed by atoms with van der Waals surface area (Å²) in [5, 5.41) is 2.56. The summed E-state index contributed by atoms with van der Waals surface area (Å²) in [6.45, 7) is 4.53. The summed E-state index contributed by atoms with van der Waals surface area (Å²) in [7, 11) is -3.41. The van der Waals surface area contributed by atoms with E-state index >= 15 is 0 Å². The number of nitrogens with one attached hydrogen (secondary N) is 1. The van der Waals surface area contributed by atoms with Crippen molar-refractivity contribution in [3.63, 3.8) is 0 Å². The number of sulfonamides is 1. The first-order chi connectivity index (χ1) is 8.43. The lowest BCUT2D eigenvalue weighted by molar-refractivity contribution is -0.121. The van der Waals surface area contributed by atoms with Crippen molar-refractivity contribution >= 4 is 15.9 Å². The van der Waals surface area contributed by atoms with Crippen LogP contribution in [0.15, 0.2) is 12.7 Å². The third-order valence-corrected chi connectivity index (χ3v) is 3.88. The van der Waals surface area contributed by atoms with Gasteiger partial charge in [0.2, 0.25) is 15.9 Å². The van der Waals surface area contributed by atoms with Gasteiger partial charge < -0.3 is 10.1 Å². The second-order valence-corrected chi connectivity index (χ2v) is 6.27. The molecule has 0 aromatic rings. The van der Waals surface area contributed by atoms with Gasteiger partial charge in [0.05, 0.1) is 18.9 Å². The zero-order valence-corrected chi connectivity index (χ0v) is 11.4. The number of ether oxygens (including phenoxy) is 1. The van der Waals surface area contributed by atoms with E-state index in [1.807, 2.05) is 0 Å². The fourth-order valence-electron chi connectivity index (χ4n) is 1.73. The highest BCUT2D eigenvalue weighted by molar-refractivity contribution is 7.88. The summed E-state index contributed by atoms with van der Waals surface area (Å²) in [5.41, 5.74) is 0. The van der Waals surface area contributed by atoms with Crippen LogP contribution in [0.2, 0.25) is 0 Å². The van der Waals surface area contributed by atoms with E-state index in [9.17, 15) is 13.2 Å². The number of carbonyl (C=O) groups excluding carboxylic acids is 1. The molecule has 1 aliphatic heterocycles. The topological polar surface area (TPSA) is 75.7 Å². The van der Waals surface area contributed by atoms with Crippen LogP contribution in [0.4, 0.5) is 0 Å². The second-order valence-electron chi connectivity index (χ2n) is 4.28. The molecule has 1 unspecified atom stereocenters. The van der Waals surface area contributed by atoms with E-state index in [-0.39, 0.29) is 25.1 Å². The van der Waals surface area contributed by atoms with Gasteiger partial charge in [-0.05, 0) is 12.8 Å². The van der Waals surface area contributed by atoms with Crippen LogP contribution < -0.4 is 5.32 Å². The summed E-state index contributed by atoms with van der Waals surface area (Å²) in [6.07, 6.45) is 4.31. The third-order valence-electron chi connectivity index (χ3n) is 2.66. The van der Waals surface area contributed by atoms with Crippen LogP contribution in [0.1, 0.15) is 12.8 Å². The molecule has 1 saturated heterocycles. The Bertz CT molecular complexity index is 388. The van der Waals surface area contributed by atoms with E-state index in [1.165, 1.54) is 0 Å². The molecule has 0 spiro atoms. The van der Waals surface area contributed by atoms with E-state index < -0.39 is 10.0 Å². The number of rotatable bonds is 7. The smallest absolute Gasteiger partial charge is 0.235 e. The van der Waals surface area contributed by atoms with Crippen molar-refractivity contribution < 1.29 is 17.9 Å². The number of nitrogens with zero attached hydrogens (tertiary/aromatic N) is 1. The van der Waals surface area contributed by atoms with Gasteiger partial charge in [-0.2, -0.15) is 4.31 Å². The lowest BCUT2D eigenvalue weighted by Crippen LogP contribution is -2.43. The van der Waals surface area contributed by atoms with Gasteiger partial charge in [-0.1, -0.05) is 6.08 Å². The Kier molecular flexibility index (Phi) is 5.77. The molecule has 0 aromatic carbocycles. The fraction of sp³-hybridized carbons (Fsp3) is 0.727. The predicted molar refractivity (Wildman–Crippen MR) is 68.6 cm³/mol. The molecular formula is C11H20N2O4S. The van der Waals surface area contributed by atoms with Crippen molar-refractivity contribution in [3.8, 4) is 0 Å². The van der Waals surface area contributed by atoms with E-state index in [1.54, 1.807) is 6.08 Å². The van der Waals surface area contributed by atoms with E-state index in [0.29, 0.717) is 13.2 Å². The Labute approximate surface area is 108 Å². The zero-order valence-electron chi connectivity index (χ0n) is 10.6. The summed E-state index contributed by atoms with van der Waals surface area (Å²) in [5.74, 6) is -0.335. The van der Waals surface area contributed by atoms with Gasteiger partial charge in [0.25, 0.3) is 0 Å². The maximum Gasteiger partial charge on any atom is 0.235 e. The van der Waals surface area contributed by atoms with Crippen molar-refractivity contribution in [2.45, 2.75) is 18.9 Å². The van der Waals surface area contributed by atoms with Crippen molar-refractivity contribution in [2.75, 3.05) is 32.5 Å². The van der Waals surface area contributed by atoms with Crippen LogP contribution in [0.25, 0.3) is 0 Å². The first-order valence-electron chi connectivity index (χ1n) is 5.88. The van der Waals surface area contributed by atoms with Crippen LogP contribution in [-0.2, 0) is 19.6 Å². The molecule has 1 aliphatic rings. The summed E-state index contributed by atoms with van der Waals surface area (Å²) < 4.78 is 29.7. The minimum Gasteiger partial charge on any atom is -0.377 e. The van der Waals surface area contributed by atoms with Crippen molar-refractivity contribution in [1.29, 1.82) is 0 Å². The molecule has 1 atom stereocenters. The number of carbonyl (C=O) groups is 1. The van der Waals surface area contributed by atoms with Gasteiger partial charge in [-0.15, -0.1) is 6.58 Å². The summed E-state index contributed by atoms with van der Waals surface area (Å²) in [6, 6.07) is 0. The van der Waals surface area contributed by atoms with Crippen LogP contribution in [0, 0.1) is 0 Å². The maximum atomic E-state index is 11.6. The lowest BCUT2D eigenvalue weighted by Gasteiger charge is -2.22. The molecule has 1 fully saturated rings. The Morgan fingerprint density at radius 1 is 1.61 bits per heavy atom. The van der Waals surface area contributed by atoms with Gasteiger partial charge in [0.15, 0.2) is 0 Å². The molecule has 7 heteroatoms. The molecule has 0 bridgehead atoms. The van der Waals surface area contributed by atoms with E-state index in [4.69, 9.17) is 4.74 Å². The second kappa shape index (κ2) is 6.86. The number of amides is 1. The van der Waals surface area contributed by atoms with Gasteiger partial charge in [0.1, 0.15) is 0 Å². The van der Waals surface area contributed by atoms with Crippen molar-refractivity contribution in [3.05, 3.63) is 12.7 Å². The first-order valence-corrected chi connectivity index (χ1v) is 7.72. The standard InChI is InChI=1S/C11H20N2O4S/c1-3-6-12-11(14)9-13(18(2,15)16)8-10-5-4-7-17-10/h3,10H,1,4-9H2,2H3,(H,12,14). The molecule has 6 nitrogen and oxygen atoms in total. The highest BCUT2D eigenvalue weighted by Crippen LogP contribution is 2.14. The summed E-state index contributed by atoms with van der Waals surface area (Å²) >= 11 is 0. The average molecular weight is 276 g/mol. The summed E-state index contributed by atoms with van der Waals surface area (Å²) in [4.78, 5) is 11.5. The van der Waals surface area contributed by atoms with Crippen LogP contribution >= 0.6 is 0 Å². The third kappa shape index (κ3) is 5.16. The quantitative estimate of drug-likeness (QED) is 0.649. The van der Waals surface area contributed by atoms with Crippen LogP contribution in [0.5, 0.6) is 0 Å². The highest BCUT2D eigenvalue weighted by Gasteiger charge is 2.26. The molecule has 1 rings (SSSR count). The Morgan fingerprint density at radius 3 is 2.83 bits per heavy atom. The van der Waals surface area contributed by atoms with E-state index in [0.717, 1.165) is 23.4 Å². The Balaban J connectivity index is 2.55. The molecule has 18 heavy (non-hydrogen) atoms. The molecular weight excluding hydrogens is 256 g/mol. The van der Waals surface area contributed by atoms with Gasteiger partial charge in [-0.3, -0.25) is 4.79 Å². The van der Waals surface area contributed by atoms with Gasteiger partial charge in [-0.25, -0.2) is 8.42 Å². The molecule has 1 amide bonds.